The zero-order chi connectivity index (χ0) is 15.6. The maximum absolute atomic E-state index is 12.2. The molecule has 0 spiro atoms. The van der Waals surface area contributed by atoms with E-state index in [1.165, 1.54) is 18.2 Å². The highest BCUT2D eigenvalue weighted by atomic mass is 35.5. The molecule has 0 saturated carbocycles. The zero-order valence-corrected chi connectivity index (χ0v) is 12.4. The van der Waals surface area contributed by atoms with Crippen LogP contribution in [-0.4, -0.2) is 29.5 Å². The van der Waals surface area contributed by atoms with Crippen LogP contribution in [0.4, 0.5) is 5.82 Å². The van der Waals surface area contributed by atoms with E-state index in [1.54, 1.807) is 0 Å². The van der Waals surface area contributed by atoms with Gasteiger partial charge in [0.2, 0.25) is 0 Å². The van der Waals surface area contributed by atoms with Gasteiger partial charge in [-0.05, 0) is 18.2 Å². The van der Waals surface area contributed by atoms with E-state index < -0.39 is 16.0 Å². The summed E-state index contributed by atoms with van der Waals surface area (Å²) in [7, 11) is -4.06. The highest BCUT2D eigenvalue weighted by molar-refractivity contribution is 7.92. The van der Waals surface area contributed by atoms with Gasteiger partial charge in [-0.2, -0.15) is 0 Å². The number of rotatable bonds is 4. The number of nitrogens with one attached hydrogen (secondary N) is 1. The first-order valence-corrected chi connectivity index (χ1v) is 7.57. The number of hydrogen-bond acceptors (Lipinski definition) is 5. The van der Waals surface area contributed by atoms with E-state index in [-0.39, 0.29) is 26.5 Å². The molecule has 0 aliphatic carbocycles. The van der Waals surface area contributed by atoms with Gasteiger partial charge < -0.3 is 5.11 Å². The Kier molecular flexibility index (Phi) is 4.31. The van der Waals surface area contributed by atoms with Crippen LogP contribution in [0.1, 0.15) is 10.4 Å². The van der Waals surface area contributed by atoms with Gasteiger partial charge in [-0.25, -0.2) is 23.2 Å². The van der Waals surface area contributed by atoms with E-state index in [0.717, 1.165) is 12.4 Å². The van der Waals surface area contributed by atoms with E-state index in [9.17, 15) is 13.2 Å². The Labute approximate surface area is 129 Å². The predicted octanol–water partition coefficient (Wildman–Crippen LogP) is 2.28. The molecule has 2 aromatic rings. The van der Waals surface area contributed by atoms with Crippen molar-refractivity contribution in [2.45, 2.75) is 4.90 Å². The molecule has 0 amide bonds. The Morgan fingerprint density at radius 3 is 2.62 bits per heavy atom. The van der Waals surface area contributed by atoms with Gasteiger partial charge in [0.15, 0.2) is 11.0 Å². The summed E-state index contributed by atoms with van der Waals surface area (Å²) in [6, 6.07) is 4.84. The van der Waals surface area contributed by atoms with Gasteiger partial charge in [0.25, 0.3) is 10.0 Å². The number of aromatic carboxylic acids is 1. The second-order valence-electron chi connectivity index (χ2n) is 3.77. The van der Waals surface area contributed by atoms with Gasteiger partial charge >= 0.3 is 5.97 Å². The van der Waals surface area contributed by atoms with Crippen molar-refractivity contribution in [1.82, 2.24) is 9.97 Å². The van der Waals surface area contributed by atoms with Crippen LogP contribution in [0.25, 0.3) is 0 Å². The number of nitrogens with zero attached hydrogens (tertiary/aromatic N) is 2. The number of carbonyl (C=O) groups is 1. The molecule has 0 fully saturated rings. The predicted molar refractivity (Wildman–Crippen MR) is 76.3 cm³/mol. The fourth-order valence-electron chi connectivity index (χ4n) is 1.40. The highest BCUT2D eigenvalue weighted by Gasteiger charge is 2.19. The fourth-order valence-corrected chi connectivity index (χ4v) is 2.80. The molecule has 0 bridgehead atoms. The van der Waals surface area contributed by atoms with E-state index in [2.05, 4.69) is 14.7 Å². The summed E-state index contributed by atoms with van der Waals surface area (Å²) in [5.74, 6) is -1.44. The van der Waals surface area contributed by atoms with Crippen molar-refractivity contribution in [3.8, 4) is 0 Å². The summed E-state index contributed by atoms with van der Waals surface area (Å²) >= 11 is 11.5. The number of anilines is 1. The topological polar surface area (TPSA) is 109 Å². The van der Waals surface area contributed by atoms with E-state index in [0.29, 0.717) is 0 Å². The molecule has 1 heterocycles. The number of benzene rings is 1. The van der Waals surface area contributed by atoms with Gasteiger partial charge in [-0.3, -0.25) is 4.72 Å². The number of halogens is 2. The zero-order valence-electron chi connectivity index (χ0n) is 10.1. The van der Waals surface area contributed by atoms with Crippen LogP contribution in [0, 0.1) is 0 Å². The van der Waals surface area contributed by atoms with Crippen molar-refractivity contribution in [3.05, 3.63) is 46.3 Å². The third-order valence-electron chi connectivity index (χ3n) is 2.37. The molecule has 21 heavy (non-hydrogen) atoms. The average Bonchev–Trinajstić information content (AvgIpc) is 2.44. The number of carboxylic acids is 1. The number of aromatic nitrogens is 2. The molecular formula is C11H7Cl2N3O4S. The van der Waals surface area contributed by atoms with Crippen molar-refractivity contribution in [3.63, 3.8) is 0 Å². The van der Waals surface area contributed by atoms with Crippen LogP contribution < -0.4 is 4.72 Å². The molecule has 1 aromatic heterocycles. The first kappa shape index (κ1) is 15.5. The Balaban J connectivity index is 2.41. The number of sulfonamides is 1. The lowest BCUT2D eigenvalue weighted by Gasteiger charge is -2.09. The normalized spacial score (nSPS) is 11.1. The molecule has 110 valence electrons. The standard InChI is InChI=1S/C11H7Cl2N3O4S/c12-8-9(13)14-5-15-10(8)16-21(19,20)7-3-1-2-6(4-7)11(17)18/h1-5H,(H,17,18)(H,14,15,16). The Morgan fingerprint density at radius 2 is 1.95 bits per heavy atom. The molecule has 0 radical (unpaired) electrons. The minimum atomic E-state index is -4.06. The molecule has 0 atom stereocenters. The van der Waals surface area contributed by atoms with Crippen LogP contribution in [-0.2, 0) is 10.0 Å². The van der Waals surface area contributed by atoms with E-state index in [1.807, 2.05) is 0 Å². The lowest BCUT2D eigenvalue weighted by molar-refractivity contribution is 0.0696. The van der Waals surface area contributed by atoms with Gasteiger partial charge in [-0.1, -0.05) is 29.3 Å². The summed E-state index contributed by atoms with van der Waals surface area (Å²) in [6.45, 7) is 0. The van der Waals surface area contributed by atoms with Crippen LogP contribution in [0.2, 0.25) is 10.2 Å². The minimum absolute atomic E-state index is 0.108. The van der Waals surface area contributed by atoms with Gasteiger partial charge in [0.1, 0.15) is 11.3 Å². The first-order valence-electron chi connectivity index (χ1n) is 5.33. The van der Waals surface area contributed by atoms with Crippen LogP contribution in [0.3, 0.4) is 0 Å². The molecule has 7 nitrogen and oxygen atoms in total. The molecule has 2 N–H and O–H groups in total. The quantitative estimate of drug-likeness (QED) is 0.821. The highest BCUT2D eigenvalue weighted by Crippen LogP contribution is 2.27. The number of carboxylic acid groups (broad SMARTS) is 1. The largest absolute Gasteiger partial charge is 0.478 e. The maximum Gasteiger partial charge on any atom is 0.335 e. The molecule has 0 saturated heterocycles. The van der Waals surface area contributed by atoms with E-state index >= 15 is 0 Å². The summed E-state index contributed by atoms with van der Waals surface area (Å²) in [5, 5.41) is 8.61. The van der Waals surface area contributed by atoms with Crippen molar-refractivity contribution in [1.29, 1.82) is 0 Å². The van der Waals surface area contributed by atoms with Crippen LogP contribution in [0.15, 0.2) is 35.5 Å². The van der Waals surface area contributed by atoms with Crippen molar-refractivity contribution in [2.24, 2.45) is 0 Å². The smallest absolute Gasteiger partial charge is 0.335 e. The first-order chi connectivity index (χ1) is 9.81. The molecule has 0 aliphatic heterocycles. The lowest BCUT2D eigenvalue weighted by atomic mass is 10.2. The summed E-state index contributed by atoms with van der Waals surface area (Å²) in [4.78, 5) is 17.9. The summed E-state index contributed by atoms with van der Waals surface area (Å²) < 4.78 is 26.5. The molecule has 2 rings (SSSR count). The fraction of sp³-hybridized carbons (Fsp3) is 0. The van der Waals surface area contributed by atoms with Crippen LogP contribution >= 0.6 is 23.2 Å². The van der Waals surface area contributed by atoms with E-state index in [4.69, 9.17) is 28.3 Å². The molecule has 0 unspecified atom stereocenters. The van der Waals surface area contributed by atoms with Crippen molar-refractivity contribution >= 4 is 45.0 Å². The summed E-state index contributed by atoms with van der Waals surface area (Å²) in [5.41, 5.74) is -0.162. The third kappa shape index (κ3) is 3.41. The SMILES string of the molecule is O=C(O)c1cccc(S(=O)(=O)Nc2ncnc(Cl)c2Cl)c1. The minimum Gasteiger partial charge on any atom is -0.478 e. The molecule has 10 heteroatoms. The monoisotopic (exact) mass is 347 g/mol. The number of hydrogen-bond donors (Lipinski definition) is 2. The molecular weight excluding hydrogens is 341 g/mol. The Bertz CT molecular complexity index is 811. The molecule has 1 aromatic carbocycles. The van der Waals surface area contributed by atoms with Crippen LogP contribution in [0.5, 0.6) is 0 Å². The maximum atomic E-state index is 12.2. The van der Waals surface area contributed by atoms with Gasteiger partial charge in [0.05, 0.1) is 10.5 Å². The van der Waals surface area contributed by atoms with Crippen molar-refractivity contribution < 1.29 is 18.3 Å². The Morgan fingerprint density at radius 1 is 1.24 bits per heavy atom. The second-order valence-corrected chi connectivity index (χ2v) is 6.18. The molecule has 0 aliphatic rings. The summed E-state index contributed by atoms with van der Waals surface area (Å²) in [6.07, 6.45) is 1.04. The third-order valence-corrected chi connectivity index (χ3v) is 4.45. The van der Waals surface area contributed by atoms with Gasteiger partial charge in [0, 0.05) is 0 Å². The second kappa shape index (κ2) is 5.84. The Hall–Kier alpha value is -1.90. The van der Waals surface area contributed by atoms with Crippen molar-refractivity contribution in [2.75, 3.05) is 4.72 Å². The lowest BCUT2D eigenvalue weighted by Crippen LogP contribution is -2.15. The van der Waals surface area contributed by atoms with Gasteiger partial charge in [-0.15, -0.1) is 0 Å². The average molecular weight is 348 g/mol.